The molecule has 0 bridgehead atoms. The fourth-order valence-electron chi connectivity index (χ4n) is 8.24. The Balaban J connectivity index is 1.16. The Morgan fingerprint density at radius 3 is 1.52 bits per heavy atom. The molecule has 0 saturated carbocycles. The summed E-state index contributed by atoms with van der Waals surface area (Å²) in [7, 11) is 0. The minimum absolute atomic E-state index is 0.623. The number of anilines is 3. The highest BCUT2D eigenvalue weighted by Gasteiger charge is 2.28. The van der Waals surface area contributed by atoms with Crippen LogP contribution in [0.4, 0.5) is 17.1 Å². The average molecular weight is 716 g/mol. The first-order valence-electron chi connectivity index (χ1n) is 18.9. The molecule has 0 fully saturated rings. The van der Waals surface area contributed by atoms with E-state index in [1.165, 1.54) is 33.0 Å². The van der Waals surface area contributed by atoms with Gasteiger partial charge < -0.3 is 9.47 Å². The normalized spacial score (nSPS) is 11.9. The number of benzene rings is 8. The summed E-state index contributed by atoms with van der Waals surface area (Å²) >= 11 is 0. The molecule has 11 rings (SSSR count). The van der Waals surface area contributed by atoms with E-state index in [0.29, 0.717) is 17.5 Å². The van der Waals surface area contributed by atoms with Crippen molar-refractivity contribution in [3.05, 3.63) is 200 Å². The summed E-state index contributed by atoms with van der Waals surface area (Å²) in [5.41, 5.74) is 14.3. The smallest absolute Gasteiger partial charge is 0.164 e. The molecule has 0 unspecified atom stereocenters. The van der Waals surface area contributed by atoms with E-state index in [2.05, 4.69) is 149 Å². The molecule has 0 spiro atoms. The van der Waals surface area contributed by atoms with Crippen LogP contribution in [0.15, 0.2) is 200 Å². The van der Waals surface area contributed by atoms with E-state index < -0.39 is 0 Å². The molecule has 3 heterocycles. The molecule has 0 radical (unpaired) electrons. The monoisotopic (exact) mass is 715 g/mol. The Morgan fingerprint density at radius 1 is 0.304 bits per heavy atom. The maximum Gasteiger partial charge on any atom is 0.164 e. The van der Waals surface area contributed by atoms with Gasteiger partial charge in [-0.05, 0) is 59.7 Å². The molecule has 0 saturated heterocycles. The van der Waals surface area contributed by atoms with Crippen LogP contribution in [0.25, 0.3) is 83.9 Å². The van der Waals surface area contributed by atoms with Crippen LogP contribution in [-0.4, -0.2) is 19.5 Å². The zero-order valence-corrected chi connectivity index (χ0v) is 30.3. The van der Waals surface area contributed by atoms with Gasteiger partial charge in [0.2, 0.25) is 0 Å². The molecule has 0 N–H and O–H groups in total. The highest BCUT2D eigenvalue weighted by atomic mass is 15.2. The maximum absolute atomic E-state index is 5.06. The number of aromatic nitrogens is 4. The minimum Gasteiger partial charge on any atom is -0.309 e. The summed E-state index contributed by atoms with van der Waals surface area (Å²) in [5.74, 6) is 1.90. The largest absolute Gasteiger partial charge is 0.309 e. The van der Waals surface area contributed by atoms with Crippen LogP contribution in [0.5, 0.6) is 0 Å². The molecule has 56 heavy (non-hydrogen) atoms. The van der Waals surface area contributed by atoms with Crippen molar-refractivity contribution in [2.24, 2.45) is 0 Å². The maximum atomic E-state index is 5.06. The van der Waals surface area contributed by atoms with Gasteiger partial charge in [0.1, 0.15) is 0 Å². The van der Waals surface area contributed by atoms with E-state index in [1.807, 2.05) is 60.7 Å². The van der Waals surface area contributed by atoms with Crippen LogP contribution in [0.1, 0.15) is 0 Å². The fourth-order valence-corrected chi connectivity index (χ4v) is 8.24. The number of fused-ring (bicyclic) bond motifs is 8. The zero-order valence-electron chi connectivity index (χ0n) is 30.3. The minimum atomic E-state index is 0.623. The number of nitrogens with zero attached hydrogens (tertiary/aromatic N) is 5. The number of hydrogen-bond donors (Lipinski definition) is 0. The van der Waals surface area contributed by atoms with Crippen molar-refractivity contribution < 1.29 is 0 Å². The van der Waals surface area contributed by atoms with Gasteiger partial charge in [0, 0.05) is 50.0 Å². The lowest BCUT2D eigenvalue weighted by molar-refractivity contribution is 1.07. The molecule has 1 aliphatic heterocycles. The Kier molecular flexibility index (Phi) is 7.42. The second-order valence-corrected chi connectivity index (χ2v) is 14.1. The van der Waals surface area contributed by atoms with Crippen molar-refractivity contribution in [2.45, 2.75) is 0 Å². The molecule has 2 aromatic heterocycles. The van der Waals surface area contributed by atoms with Crippen LogP contribution in [-0.2, 0) is 0 Å². The van der Waals surface area contributed by atoms with Gasteiger partial charge in [0.05, 0.1) is 22.4 Å². The summed E-state index contributed by atoms with van der Waals surface area (Å²) in [4.78, 5) is 17.5. The van der Waals surface area contributed by atoms with Gasteiger partial charge in [0.15, 0.2) is 17.5 Å². The van der Waals surface area contributed by atoms with Crippen molar-refractivity contribution in [3.8, 4) is 62.1 Å². The second kappa shape index (κ2) is 13.0. The van der Waals surface area contributed by atoms with E-state index in [9.17, 15) is 0 Å². The molecule has 5 nitrogen and oxygen atoms in total. The lowest BCUT2D eigenvalue weighted by atomic mass is 9.94. The third-order valence-corrected chi connectivity index (χ3v) is 10.8. The topological polar surface area (TPSA) is 46.8 Å². The Bertz CT molecular complexity index is 3020. The average Bonchev–Trinajstić information content (AvgIpc) is 3.54. The molecule has 0 aliphatic carbocycles. The summed E-state index contributed by atoms with van der Waals surface area (Å²) in [6, 6.07) is 70.6. The fraction of sp³-hybridized carbons (Fsp3) is 0. The predicted octanol–water partition coefficient (Wildman–Crippen LogP) is 13.1. The molecule has 8 aromatic carbocycles. The number of para-hydroxylation sites is 3. The Hall–Kier alpha value is -7.63. The van der Waals surface area contributed by atoms with Crippen LogP contribution in [0.2, 0.25) is 0 Å². The van der Waals surface area contributed by atoms with Crippen molar-refractivity contribution in [1.82, 2.24) is 19.5 Å². The van der Waals surface area contributed by atoms with Crippen LogP contribution < -0.4 is 4.90 Å². The lowest BCUT2D eigenvalue weighted by Crippen LogP contribution is -2.11. The molecule has 262 valence electrons. The summed E-state index contributed by atoms with van der Waals surface area (Å²) in [6.07, 6.45) is 0. The summed E-state index contributed by atoms with van der Waals surface area (Å²) < 4.78 is 2.39. The Labute approximate surface area is 324 Å². The summed E-state index contributed by atoms with van der Waals surface area (Å²) in [6.45, 7) is 0. The van der Waals surface area contributed by atoms with E-state index in [4.69, 9.17) is 15.0 Å². The van der Waals surface area contributed by atoms with Crippen LogP contribution in [0, 0.1) is 0 Å². The number of rotatable bonds is 5. The predicted molar refractivity (Wildman–Crippen MR) is 230 cm³/mol. The standard InChI is InChI=1S/C51H33N5/c1-4-17-34(18-5-1)49-52-50(35-19-6-2-7-20-35)54-51(53-49)36-21-16-24-38(31-36)56-46-30-15-13-28-42(46)44-32-43-40-26-11-10-25-39(40)41-27-12-14-29-45(41)55(47(43)33-48(44)56)37-22-8-3-9-23-37/h1-33H. The molecular formula is C51H33N5. The van der Waals surface area contributed by atoms with E-state index in [-0.39, 0.29) is 0 Å². The third-order valence-electron chi connectivity index (χ3n) is 10.8. The van der Waals surface area contributed by atoms with E-state index >= 15 is 0 Å². The first-order chi connectivity index (χ1) is 27.8. The van der Waals surface area contributed by atoms with Gasteiger partial charge in [-0.15, -0.1) is 0 Å². The van der Waals surface area contributed by atoms with Crippen LogP contribution in [0.3, 0.4) is 0 Å². The zero-order chi connectivity index (χ0) is 37.0. The molecular weight excluding hydrogens is 683 g/mol. The molecule has 5 heteroatoms. The van der Waals surface area contributed by atoms with Gasteiger partial charge in [0.25, 0.3) is 0 Å². The van der Waals surface area contributed by atoms with Gasteiger partial charge >= 0.3 is 0 Å². The van der Waals surface area contributed by atoms with Gasteiger partial charge in [-0.1, -0.05) is 152 Å². The summed E-state index contributed by atoms with van der Waals surface area (Å²) in [5, 5.41) is 2.38. The van der Waals surface area contributed by atoms with Crippen molar-refractivity contribution in [1.29, 1.82) is 0 Å². The quantitative estimate of drug-likeness (QED) is 0.178. The van der Waals surface area contributed by atoms with E-state index in [1.54, 1.807) is 0 Å². The Morgan fingerprint density at radius 2 is 0.821 bits per heavy atom. The van der Waals surface area contributed by atoms with Crippen molar-refractivity contribution in [3.63, 3.8) is 0 Å². The van der Waals surface area contributed by atoms with Crippen LogP contribution >= 0.6 is 0 Å². The van der Waals surface area contributed by atoms with Crippen molar-refractivity contribution >= 4 is 38.9 Å². The molecule has 1 aliphatic rings. The molecule has 0 atom stereocenters. The first-order valence-corrected chi connectivity index (χ1v) is 18.9. The molecule has 0 amide bonds. The second-order valence-electron chi connectivity index (χ2n) is 14.1. The van der Waals surface area contributed by atoms with E-state index in [0.717, 1.165) is 50.5 Å². The highest BCUT2D eigenvalue weighted by molar-refractivity contribution is 6.14. The first kappa shape index (κ1) is 31.9. The lowest BCUT2D eigenvalue weighted by Gasteiger charge is -2.27. The third kappa shape index (κ3) is 5.21. The number of hydrogen-bond acceptors (Lipinski definition) is 4. The highest BCUT2D eigenvalue weighted by Crippen LogP contribution is 2.52. The molecule has 10 aromatic rings. The SMILES string of the molecule is c1ccc(-c2nc(-c3ccccc3)nc(-c3cccc(-n4c5ccccc5c5cc6c(cc54)N(c4ccccc4)c4ccccc4-c4ccccc4-6)c3)n2)cc1. The van der Waals surface area contributed by atoms with Gasteiger partial charge in [-0.2, -0.15) is 0 Å². The van der Waals surface area contributed by atoms with Gasteiger partial charge in [-0.3, -0.25) is 0 Å². The van der Waals surface area contributed by atoms with Crippen molar-refractivity contribution in [2.75, 3.05) is 4.90 Å². The van der Waals surface area contributed by atoms with Gasteiger partial charge in [-0.25, -0.2) is 15.0 Å².